The van der Waals surface area contributed by atoms with E-state index < -0.39 is 0 Å². The fraction of sp³-hybridized carbons (Fsp3) is 0.400. The average Bonchev–Trinajstić information content (AvgIpc) is 2.19. The Bertz CT molecular complexity index is 424. The quantitative estimate of drug-likeness (QED) is 0.401. The number of hydrogen-bond acceptors (Lipinski definition) is 5. The molecule has 0 radical (unpaired) electrons. The highest BCUT2D eigenvalue weighted by atomic mass is 127. The van der Waals surface area contributed by atoms with Crippen LogP contribution in [0.4, 0.5) is 11.6 Å². The third kappa shape index (κ3) is 2.36. The van der Waals surface area contributed by atoms with Gasteiger partial charge in [-0.3, -0.25) is 3.53 Å². The van der Waals surface area contributed by atoms with Crippen molar-refractivity contribution in [2.75, 3.05) is 11.5 Å². The third-order valence-corrected chi connectivity index (χ3v) is 3.48. The molecule has 5 nitrogen and oxygen atoms in total. The zero-order valence-corrected chi connectivity index (χ0v) is 10.7. The van der Waals surface area contributed by atoms with Gasteiger partial charge in [0.15, 0.2) is 0 Å². The summed E-state index contributed by atoms with van der Waals surface area (Å²) in [5, 5.41) is 0. The number of aromatic nitrogens is 2. The summed E-state index contributed by atoms with van der Waals surface area (Å²) in [4.78, 5) is 7.73. The van der Waals surface area contributed by atoms with Crippen molar-refractivity contribution in [3.8, 4) is 11.8 Å². The van der Waals surface area contributed by atoms with Crippen LogP contribution in [0, 0.1) is 17.8 Å². The summed E-state index contributed by atoms with van der Waals surface area (Å²) in [6.07, 6.45) is 3.49. The Morgan fingerprint density at radius 1 is 1.31 bits per heavy atom. The van der Waals surface area contributed by atoms with E-state index in [0.29, 0.717) is 29.2 Å². The zero-order chi connectivity index (χ0) is 11.5. The molecule has 0 aliphatic heterocycles. The van der Waals surface area contributed by atoms with Crippen molar-refractivity contribution in [3.05, 3.63) is 11.9 Å². The molecule has 0 atom stereocenters. The van der Waals surface area contributed by atoms with Gasteiger partial charge in [-0.25, -0.2) is 9.97 Å². The Hall–Kier alpha value is -1.07. The number of rotatable bonds is 1. The summed E-state index contributed by atoms with van der Waals surface area (Å²) in [6, 6.07) is 0.585. The number of nitrogens with one attached hydrogen (secondary N) is 1. The second kappa shape index (κ2) is 4.84. The van der Waals surface area contributed by atoms with Gasteiger partial charge in [0.05, 0.1) is 0 Å². The van der Waals surface area contributed by atoms with Crippen LogP contribution in [-0.2, 0) is 0 Å². The van der Waals surface area contributed by atoms with Crippen molar-refractivity contribution in [2.24, 2.45) is 5.92 Å². The Labute approximate surface area is 108 Å². The van der Waals surface area contributed by atoms with Crippen LogP contribution in [0.25, 0.3) is 0 Å². The summed E-state index contributed by atoms with van der Waals surface area (Å²) in [5.74, 6) is 7.24. The van der Waals surface area contributed by atoms with Crippen LogP contribution in [0.3, 0.4) is 0 Å². The molecule has 2 rings (SSSR count). The second-order valence-electron chi connectivity index (χ2n) is 3.76. The number of nitrogen functional groups attached to an aromatic ring is 2. The lowest BCUT2D eigenvalue weighted by molar-refractivity contribution is 0.323. The lowest BCUT2D eigenvalue weighted by Gasteiger charge is -2.30. The first-order valence-electron chi connectivity index (χ1n) is 4.94. The summed E-state index contributed by atoms with van der Waals surface area (Å²) in [5.41, 5.74) is 11.9. The van der Waals surface area contributed by atoms with Gasteiger partial charge in [-0.1, -0.05) is 11.8 Å². The number of nitrogens with two attached hydrogens (primary N) is 2. The van der Waals surface area contributed by atoms with Gasteiger partial charge >= 0.3 is 0 Å². The highest BCUT2D eigenvalue weighted by molar-refractivity contribution is 14.1. The molecule has 1 aliphatic carbocycles. The predicted molar refractivity (Wildman–Crippen MR) is 71.4 cm³/mol. The highest BCUT2D eigenvalue weighted by Gasteiger charge is 2.26. The predicted octanol–water partition coefficient (Wildman–Crippen LogP) is 0.711. The number of nitrogens with zero attached hydrogens (tertiary/aromatic N) is 2. The van der Waals surface area contributed by atoms with Crippen LogP contribution in [-0.4, -0.2) is 16.0 Å². The lowest BCUT2D eigenvalue weighted by atomic mass is 9.81. The van der Waals surface area contributed by atoms with Gasteiger partial charge in [-0.2, -0.15) is 0 Å². The average molecular weight is 329 g/mol. The molecular weight excluding hydrogens is 317 g/mol. The van der Waals surface area contributed by atoms with Crippen LogP contribution < -0.4 is 15.0 Å². The first-order chi connectivity index (χ1) is 7.70. The normalized spacial score (nSPS) is 23.1. The lowest BCUT2D eigenvalue weighted by Crippen LogP contribution is -2.35. The number of anilines is 2. The smallest absolute Gasteiger partial charge is 0.144 e. The van der Waals surface area contributed by atoms with Crippen molar-refractivity contribution in [1.29, 1.82) is 0 Å². The van der Waals surface area contributed by atoms with Gasteiger partial charge in [0.1, 0.15) is 23.5 Å². The minimum atomic E-state index is 0.350. The Balaban J connectivity index is 2.07. The first-order valence-corrected chi connectivity index (χ1v) is 6.02. The van der Waals surface area contributed by atoms with Crippen LogP contribution in [0.15, 0.2) is 6.33 Å². The van der Waals surface area contributed by atoms with Crippen molar-refractivity contribution in [3.63, 3.8) is 0 Å². The van der Waals surface area contributed by atoms with E-state index in [-0.39, 0.29) is 0 Å². The third-order valence-electron chi connectivity index (χ3n) is 2.60. The van der Waals surface area contributed by atoms with Crippen LogP contribution in [0.2, 0.25) is 0 Å². The Morgan fingerprint density at radius 3 is 2.50 bits per heavy atom. The summed E-state index contributed by atoms with van der Waals surface area (Å²) >= 11 is 2.17. The van der Waals surface area contributed by atoms with E-state index >= 15 is 0 Å². The maximum atomic E-state index is 5.67. The number of halogens is 1. The van der Waals surface area contributed by atoms with E-state index in [0.717, 1.165) is 12.8 Å². The van der Waals surface area contributed by atoms with Crippen molar-refractivity contribution < 1.29 is 0 Å². The van der Waals surface area contributed by atoms with E-state index in [4.69, 9.17) is 11.5 Å². The fourth-order valence-corrected chi connectivity index (χ4v) is 2.05. The minimum absolute atomic E-state index is 0.350. The molecule has 0 unspecified atom stereocenters. The van der Waals surface area contributed by atoms with Crippen molar-refractivity contribution in [2.45, 2.75) is 18.9 Å². The monoisotopic (exact) mass is 329 g/mol. The van der Waals surface area contributed by atoms with E-state index in [1.807, 2.05) is 0 Å². The maximum absolute atomic E-state index is 5.67. The molecule has 0 amide bonds. The van der Waals surface area contributed by atoms with E-state index in [1.165, 1.54) is 6.33 Å². The molecule has 16 heavy (non-hydrogen) atoms. The van der Waals surface area contributed by atoms with Crippen LogP contribution in [0.5, 0.6) is 0 Å². The molecule has 1 heterocycles. The topological polar surface area (TPSA) is 89.8 Å². The Morgan fingerprint density at radius 2 is 1.94 bits per heavy atom. The van der Waals surface area contributed by atoms with Crippen LogP contribution in [0.1, 0.15) is 18.4 Å². The molecule has 5 N–H and O–H groups in total. The molecule has 1 aliphatic rings. The molecule has 0 saturated heterocycles. The SMILES string of the molecule is Nc1ncnc(N)c1C#C[C@H]1C[C@H](NI)C1. The van der Waals surface area contributed by atoms with Gasteiger partial charge in [0.25, 0.3) is 0 Å². The molecular formula is C10H12IN5. The van der Waals surface area contributed by atoms with E-state index in [1.54, 1.807) is 0 Å². The zero-order valence-electron chi connectivity index (χ0n) is 8.57. The van der Waals surface area contributed by atoms with Gasteiger partial charge in [0, 0.05) is 34.8 Å². The van der Waals surface area contributed by atoms with Gasteiger partial charge in [-0.15, -0.1) is 0 Å². The Kier molecular flexibility index (Phi) is 3.46. The fourth-order valence-electron chi connectivity index (χ4n) is 1.54. The van der Waals surface area contributed by atoms with Crippen molar-refractivity contribution in [1.82, 2.24) is 13.5 Å². The minimum Gasteiger partial charge on any atom is -0.382 e. The van der Waals surface area contributed by atoms with Crippen LogP contribution >= 0.6 is 22.9 Å². The second-order valence-corrected chi connectivity index (χ2v) is 4.39. The van der Waals surface area contributed by atoms with E-state index in [2.05, 4.69) is 48.2 Å². The molecule has 84 valence electrons. The maximum Gasteiger partial charge on any atom is 0.144 e. The molecule has 1 aromatic heterocycles. The van der Waals surface area contributed by atoms with E-state index in [9.17, 15) is 0 Å². The molecule has 1 fully saturated rings. The molecule has 0 aromatic carbocycles. The highest BCUT2D eigenvalue weighted by Crippen LogP contribution is 2.27. The standard InChI is InChI=1S/C10H12IN5/c11-16-7-3-6(4-7)1-2-8-9(12)14-5-15-10(8)13/h5-7,16H,3-4H2,(H4,12,13,14,15)/t6-,7-. The summed E-state index contributed by atoms with van der Waals surface area (Å²) in [6.45, 7) is 0. The molecule has 1 aromatic rings. The van der Waals surface area contributed by atoms with Gasteiger partial charge in [0.2, 0.25) is 0 Å². The molecule has 6 heteroatoms. The molecule has 1 saturated carbocycles. The first kappa shape index (κ1) is 11.4. The molecule has 0 bridgehead atoms. The number of hydrogen-bond donors (Lipinski definition) is 3. The largest absolute Gasteiger partial charge is 0.382 e. The molecule has 0 spiro atoms. The summed E-state index contributed by atoms with van der Waals surface area (Å²) < 4.78 is 3.18. The van der Waals surface area contributed by atoms with Crippen molar-refractivity contribution >= 4 is 34.5 Å². The van der Waals surface area contributed by atoms with Gasteiger partial charge < -0.3 is 11.5 Å². The summed E-state index contributed by atoms with van der Waals surface area (Å²) in [7, 11) is 0. The van der Waals surface area contributed by atoms with Gasteiger partial charge in [-0.05, 0) is 12.8 Å².